The summed E-state index contributed by atoms with van der Waals surface area (Å²) < 4.78 is 15.9. The van der Waals surface area contributed by atoms with E-state index in [4.69, 9.17) is 14.2 Å². The summed E-state index contributed by atoms with van der Waals surface area (Å²) in [5.74, 6) is 1.27. The van der Waals surface area contributed by atoms with Gasteiger partial charge in [-0.2, -0.15) is 0 Å². The highest BCUT2D eigenvalue weighted by molar-refractivity contribution is 7.15. The van der Waals surface area contributed by atoms with E-state index in [0.29, 0.717) is 22.9 Å². The molecule has 2 heterocycles. The van der Waals surface area contributed by atoms with Crippen LogP contribution in [-0.4, -0.2) is 37.2 Å². The maximum Gasteiger partial charge on any atom is 0.229 e. The number of rotatable bonds is 7. The Morgan fingerprint density at radius 1 is 1.11 bits per heavy atom. The summed E-state index contributed by atoms with van der Waals surface area (Å²) in [6.07, 6.45) is 1.94. The maximum absolute atomic E-state index is 12.6. The molecule has 2 aromatic heterocycles. The number of benzene rings is 1. The molecule has 0 aliphatic heterocycles. The van der Waals surface area contributed by atoms with E-state index >= 15 is 0 Å². The monoisotopic (exact) mass is 399 g/mol. The van der Waals surface area contributed by atoms with E-state index in [-0.39, 0.29) is 12.3 Å². The quantitative estimate of drug-likeness (QED) is 0.652. The van der Waals surface area contributed by atoms with E-state index < -0.39 is 0 Å². The van der Waals surface area contributed by atoms with Crippen LogP contribution in [0.3, 0.4) is 0 Å². The molecule has 146 valence electrons. The van der Waals surface area contributed by atoms with Crippen LogP contribution in [0.2, 0.25) is 0 Å². The van der Waals surface area contributed by atoms with Gasteiger partial charge in [0.15, 0.2) is 11.5 Å². The minimum atomic E-state index is -0.159. The van der Waals surface area contributed by atoms with Crippen molar-refractivity contribution < 1.29 is 19.0 Å². The Kier molecular flexibility index (Phi) is 6.10. The Morgan fingerprint density at radius 2 is 1.82 bits per heavy atom. The zero-order chi connectivity index (χ0) is 20.1. The van der Waals surface area contributed by atoms with Crippen molar-refractivity contribution in [2.45, 2.75) is 13.3 Å². The molecule has 0 saturated heterocycles. The van der Waals surface area contributed by atoms with Crippen LogP contribution in [0.15, 0.2) is 36.5 Å². The number of amides is 1. The van der Waals surface area contributed by atoms with Crippen molar-refractivity contribution in [2.75, 3.05) is 26.6 Å². The molecule has 0 bridgehead atoms. The van der Waals surface area contributed by atoms with E-state index in [1.165, 1.54) is 32.7 Å². The first-order valence-electron chi connectivity index (χ1n) is 8.53. The van der Waals surface area contributed by atoms with Gasteiger partial charge in [0.1, 0.15) is 5.01 Å². The summed E-state index contributed by atoms with van der Waals surface area (Å²) in [5, 5.41) is 3.68. The van der Waals surface area contributed by atoms with Gasteiger partial charge in [0, 0.05) is 28.9 Å². The lowest BCUT2D eigenvalue weighted by molar-refractivity contribution is -0.115. The molecule has 1 N–H and O–H groups in total. The van der Waals surface area contributed by atoms with E-state index in [9.17, 15) is 4.79 Å². The van der Waals surface area contributed by atoms with Crippen molar-refractivity contribution in [1.29, 1.82) is 0 Å². The molecule has 3 aromatic rings. The number of ether oxygens (including phenoxy) is 3. The van der Waals surface area contributed by atoms with Crippen molar-refractivity contribution in [3.63, 3.8) is 0 Å². The average Bonchev–Trinajstić information content (AvgIpc) is 3.08. The smallest absolute Gasteiger partial charge is 0.229 e. The molecule has 0 unspecified atom stereocenters. The molecule has 0 saturated carbocycles. The van der Waals surface area contributed by atoms with E-state index in [1.807, 2.05) is 25.1 Å². The number of aromatic nitrogens is 2. The van der Waals surface area contributed by atoms with Crippen LogP contribution in [0.25, 0.3) is 10.7 Å². The number of carbonyl (C=O) groups excluding carboxylic acids is 1. The Bertz CT molecular complexity index is 948. The topological polar surface area (TPSA) is 82.6 Å². The Hall–Kier alpha value is -3.13. The number of thiazole rings is 1. The summed E-state index contributed by atoms with van der Waals surface area (Å²) in [4.78, 5) is 22.3. The van der Waals surface area contributed by atoms with Gasteiger partial charge in [-0.15, -0.1) is 11.3 Å². The molecular formula is C20H21N3O4S. The van der Waals surface area contributed by atoms with E-state index in [1.54, 1.807) is 18.3 Å². The fourth-order valence-electron chi connectivity index (χ4n) is 2.70. The SMILES string of the molecule is COc1cc(NC(=O)Cc2sc(-c3ccccn3)nc2C)cc(OC)c1OC. The lowest BCUT2D eigenvalue weighted by atomic mass is 10.2. The van der Waals surface area contributed by atoms with Crippen LogP contribution in [0.5, 0.6) is 17.2 Å². The number of aryl methyl sites for hydroxylation is 1. The van der Waals surface area contributed by atoms with Crippen molar-refractivity contribution in [1.82, 2.24) is 9.97 Å². The Balaban J connectivity index is 1.77. The minimum Gasteiger partial charge on any atom is -0.493 e. The third-order valence-corrected chi connectivity index (χ3v) is 5.23. The van der Waals surface area contributed by atoms with Crippen molar-refractivity contribution in [3.8, 4) is 28.0 Å². The largest absolute Gasteiger partial charge is 0.493 e. The fourth-order valence-corrected chi connectivity index (χ4v) is 3.73. The summed E-state index contributed by atoms with van der Waals surface area (Å²) >= 11 is 1.47. The van der Waals surface area contributed by atoms with Crippen LogP contribution in [0.4, 0.5) is 5.69 Å². The van der Waals surface area contributed by atoms with Crippen molar-refractivity contribution >= 4 is 22.9 Å². The predicted octanol–water partition coefficient (Wildman–Crippen LogP) is 3.72. The molecule has 28 heavy (non-hydrogen) atoms. The third-order valence-electron chi connectivity index (χ3n) is 4.05. The Morgan fingerprint density at radius 3 is 2.39 bits per heavy atom. The van der Waals surface area contributed by atoms with Gasteiger partial charge in [-0.1, -0.05) is 6.07 Å². The minimum absolute atomic E-state index is 0.159. The molecule has 0 fully saturated rings. The van der Waals surface area contributed by atoms with Crippen molar-refractivity contribution in [2.24, 2.45) is 0 Å². The van der Waals surface area contributed by atoms with Gasteiger partial charge >= 0.3 is 0 Å². The van der Waals surface area contributed by atoms with Gasteiger partial charge in [0.25, 0.3) is 0 Å². The van der Waals surface area contributed by atoms with Gasteiger partial charge in [-0.05, 0) is 19.1 Å². The highest BCUT2D eigenvalue weighted by atomic mass is 32.1. The third kappa shape index (κ3) is 4.23. The second-order valence-electron chi connectivity index (χ2n) is 5.88. The molecule has 0 radical (unpaired) electrons. The fraction of sp³-hybridized carbons (Fsp3) is 0.250. The predicted molar refractivity (Wildman–Crippen MR) is 109 cm³/mol. The summed E-state index contributed by atoms with van der Waals surface area (Å²) in [6, 6.07) is 9.06. The first-order valence-corrected chi connectivity index (χ1v) is 9.35. The highest BCUT2D eigenvalue weighted by Crippen LogP contribution is 2.40. The number of carbonyl (C=O) groups is 1. The zero-order valence-electron chi connectivity index (χ0n) is 16.1. The molecule has 3 rings (SSSR count). The standard InChI is InChI=1S/C20H21N3O4S/c1-12-17(28-20(22-12)14-7-5-6-8-21-14)11-18(24)23-13-9-15(25-2)19(27-4)16(10-13)26-3/h5-10H,11H2,1-4H3,(H,23,24). The molecule has 7 nitrogen and oxygen atoms in total. The van der Waals surface area contributed by atoms with Gasteiger partial charge in [0.05, 0.1) is 39.1 Å². The van der Waals surface area contributed by atoms with Crippen LogP contribution in [0, 0.1) is 6.92 Å². The molecule has 8 heteroatoms. The molecule has 0 aliphatic carbocycles. The van der Waals surface area contributed by atoms with Crippen molar-refractivity contribution in [3.05, 3.63) is 47.1 Å². The number of hydrogen-bond acceptors (Lipinski definition) is 7. The van der Waals surface area contributed by atoms with Crippen LogP contribution in [-0.2, 0) is 11.2 Å². The number of nitrogens with one attached hydrogen (secondary N) is 1. The molecule has 0 aliphatic rings. The number of anilines is 1. The highest BCUT2D eigenvalue weighted by Gasteiger charge is 2.17. The van der Waals surface area contributed by atoms with Gasteiger partial charge in [-0.3, -0.25) is 9.78 Å². The molecule has 0 atom stereocenters. The first kappa shape index (κ1) is 19.6. The maximum atomic E-state index is 12.6. The van der Waals surface area contributed by atoms with Crippen LogP contribution in [0.1, 0.15) is 10.6 Å². The lowest BCUT2D eigenvalue weighted by Crippen LogP contribution is -2.14. The van der Waals surface area contributed by atoms with E-state index in [2.05, 4.69) is 15.3 Å². The van der Waals surface area contributed by atoms with Gasteiger partial charge in [-0.25, -0.2) is 4.98 Å². The zero-order valence-corrected chi connectivity index (χ0v) is 16.9. The normalized spacial score (nSPS) is 10.4. The van der Waals surface area contributed by atoms with Crippen LogP contribution >= 0.6 is 11.3 Å². The molecule has 1 aromatic carbocycles. The van der Waals surface area contributed by atoms with Gasteiger partial charge in [0.2, 0.25) is 11.7 Å². The second kappa shape index (κ2) is 8.71. The van der Waals surface area contributed by atoms with Gasteiger partial charge < -0.3 is 19.5 Å². The first-order chi connectivity index (χ1) is 13.5. The lowest BCUT2D eigenvalue weighted by Gasteiger charge is -2.14. The average molecular weight is 399 g/mol. The molecule has 1 amide bonds. The van der Waals surface area contributed by atoms with E-state index in [0.717, 1.165) is 21.3 Å². The number of pyridine rings is 1. The molecular weight excluding hydrogens is 378 g/mol. The summed E-state index contributed by atoms with van der Waals surface area (Å²) in [7, 11) is 4.59. The Labute approximate surface area is 167 Å². The second-order valence-corrected chi connectivity index (χ2v) is 6.97. The number of hydrogen-bond donors (Lipinski definition) is 1. The summed E-state index contributed by atoms with van der Waals surface area (Å²) in [5.41, 5.74) is 2.18. The number of nitrogens with zero attached hydrogens (tertiary/aromatic N) is 2. The summed E-state index contributed by atoms with van der Waals surface area (Å²) in [6.45, 7) is 1.89. The number of methoxy groups -OCH3 is 3. The van der Waals surface area contributed by atoms with Crippen LogP contribution < -0.4 is 19.5 Å². The molecule has 0 spiro atoms.